The highest BCUT2D eigenvalue weighted by Crippen LogP contribution is 2.45. The average Bonchev–Trinajstić information content (AvgIpc) is 3.48. The number of aromatic amines is 1. The first-order valence-electron chi connectivity index (χ1n) is 13.6. The zero-order valence-corrected chi connectivity index (χ0v) is 22.8. The van der Waals surface area contributed by atoms with Crippen molar-refractivity contribution in [1.82, 2.24) is 9.55 Å². The van der Waals surface area contributed by atoms with Crippen LogP contribution in [0.25, 0.3) is 0 Å². The predicted molar refractivity (Wildman–Crippen MR) is 150 cm³/mol. The molecule has 9 nitrogen and oxygen atoms in total. The van der Waals surface area contributed by atoms with Crippen LogP contribution in [-0.2, 0) is 31.2 Å². The molecule has 4 atom stereocenters. The molecular weight excluding hydrogens is 524 g/mol. The summed E-state index contributed by atoms with van der Waals surface area (Å²) in [6.07, 6.45) is -1.45. The molecular formula is C32H32N2O7. The van der Waals surface area contributed by atoms with Gasteiger partial charge >= 0.3 is 5.69 Å². The lowest BCUT2D eigenvalue weighted by Gasteiger charge is -2.37. The van der Waals surface area contributed by atoms with Crippen LogP contribution in [0.15, 0.2) is 107 Å². The fourth-order valence-corrected chi connectivity index (χ4v) is 5.82. The van der Waals surface area contributed by atoms with Crippen molar-refractivity contribution in [3.8, 4) is 0 Å². The van der Waals surface area contributed by atoms with E-state index in [1.54, 1.807) is 13.8 Å². The summed E-state index contributed by atoms with van der Waals surface area (Å²) >= 11 is 0. The van der Waals surface area contributed by atoms with Crippen molar-refractivity contribution in [1.29, 1.82) is 0 Å². The van der Waals surface area contributed by atoms with Crippen LogP contribution in [0, 0.1) is 0 Å². The number of aromatic nitrogens is 2. The van der Waals surface area contributed by atoms with Gasteiger partial charge in [0.25, 0.3) is 5.56 Å². The number of aliphatic hydroxyl groups is 1. The van der Waals surface area contributed by atoms with E-state index >= 15 is 0 Å². The smallest absolute Gasteiger partial charge is 0.330 e. The van der Waals surface area contributed by atoms with E-state index in [1.807, 2.05) is 91.0 Å². The molecule has 0 amide bonds. The first kappa shape index (κ1) is 27.3. The SMILES string of the molecule is CC1(C)O[C@@H]2[C@H](O1)[C@@H](COC(c1ccccc1)(c1ccccc1)c1ccccc1)O[C@H]2n1cc(CO)c(=O)[nH]c1=O. The second-order valence-corrected chi connectivity index (χ2v) is 10.7. The zero-order chi connectivity index (χ0) is 28.6. The Bertz CT molecular complexity index is 1510. The van der Waals surface area contributed by atoms with Crippen LogP contribution in [0.2, 0.25) is 0 Å². The van der Waals surface area contributed by atoms with Gasteiger partial charge in [0.1, 0.15) is 23.9 Å². The second-order valence-electron chi connectivity index (χ2n) is 10.7. The minimum absolute atomic E-state index is 0.0406. The molecule has 2 aliphatic heterocycles. The Hall–Kier alpha value is -3.86. The number of aliphatic hydroxyl groups excluding tert-OH is 1. The zero-order valence-electron chi connectivity index (χ0n) is 22.8. The monoisotopic (exact) mass is 556 g/mol. The maximum atomic E-state index is 12.8. The summed E-state index contributed by atoms with van der Waals surface area (Å²) < 4.78 is 27.1. The Labute approximate surface area is 236 Å². The number of fused-ring (bicyclic) bond motifs is 1. The van der Waals surface area contributed by atoms with Crippen LogP contribution in [0.4, 0.5) is 0 Å². The van der Waals surface area contributed by atoms with Gasteiger partial charge in [0.2, 0.25) is 0 Å². The van der Waals surface area contributed by atoms with E-state index in [-0.39, 0.29) is 12.2 Å². The summed E-state index contributed by atoms with van der Waals surface area (Å²) in [7, 11) is 0. The number of hydrogen-bond donors (Lipinski definition) is 2. The van der Waals surface area contributed by atoms with Crippen LogP contribution < -0.4 is 11.2 Å². The number of ether oxygens (including phenoxy) is 4. The normalized spacial score (nSPS) is 23.4. The number of hydrogen-bond acceptors (Lipinski definition) is 7. The maximum absolute atomic E-state index is 12.8. The number of benzene rings is 3. The lowest BCUT2D eigenvalue weighted by molar-refractivity contribution is -0.205. The summed E-state index contributed by atoms with van der Waals surface area (Å²) in [4.78, 5) is 27.2. The Balaban J connectivity index is 1.41. The largest absolute Gasteiger partial charge is 0.391 e. The van der Waals surface area contributed by atoms with E-state index < -0.39 is 53.8 Å². The summed E-state index contributed by atoms with van der Waals surface area (Å²) in [6, 6.07) is 30.0. The van der Waals surface area contributed by atoms with Gasteiger partial charge in [0, 0.05) is 6.20 Å². The number of nitrogens with one attached hydrogen (secondary N) is 1. The molecule has 9 heteroatoms. The molecule has 2 aliphatic rings. The molecule has 0 aliphatic carbocycles. The van der Waals surface area contributed by atoms with Crippen LogP contribution in [-0.4, -0.2) is 45.4 Å². The first-order valence-corrected chi connectivity index (χ1v) is 13.6. The minimum atomic E-state index is -0.978. The van der Waals surface area contributed by atoms with E-state index in [1.165, 1.54) is 10.8 Å². The highest BCUT2D eigenvalue weighted by molar-refractivity contribution is 5.47. The topological polar surface area (TPSA) is 112 Å². The molecule has 2 saturated heterocycles. The summed E-state index contributed by atoms with van der Waals surface area (Å²) in [5.41, 5.74) is 0.571. The highest BCUT2D eigenvalue weighted by Gasteiger charge is 2.56. The third kappa shape index (κ3) is 4.96. The first-order chi connectivity index (χ1) is 19.8. The van der Waals surface area contributed by atoms with Gasteiger partial charge in [0.15, 0.2) is 12.0 Å². The molecule has 3 heterocycles. The highest BCUT2D eigenvalue weighted by atomic mass is 16.8. The van der Waals surface area contributed by atoms with Crippen molar-refractivity contribution in [2.45, 2.75) is 56.4 Å². The molecule has 0 spiro atoms. The molecule has 0 saturated carbocycles. The van der Waals surface area contributed by atoms with Gasteiger partial charge in [-0.15, -0.1) is 0 Å². The van der Waals surface area contributed by atoms with Crippen LogP contribution >= 0.6 is 0 Å². The minimum Gasteiger partial charge on any atom is -0.391 e. The van der Waals surface area contributed by atoms with Crippen molar-refractivity contribution in [3.05, 3.63) is 140 Å². The lowest BCUT2D eigenvalue weighted by atomic mass is 9.80. The van der Waals surface area contributed by atoms with Crippen LogP contribution in [0.3, 0.4) is 0 Å². The fraction of sp³-hybridized carbons (Fsp3) is 0.312. The third-order valence-electron chi connectivity index (χ3n) is 7.62. The van der Waals surface area contributed by atoms with Crippen molar-refractivity contribution in [2.24, 2.45) is 0 Å². The van der Waals surface area contributed by atoms with E-state index in [2.05, 4.69) is 4.98 Å². The van der Waals surface area contributed by atoms with Crippen LogP contribution in [0.5, 0.6) is 0 Å². The van der Waals surface area contributed by atoms with Gasteiger partial charge in [-0.1, -0.05) is 91.0 Å². The maximum Gasteiger partial charge on any atom is 0.330 e. The molecule has 0 radical (unpaired) electrons. The van der Waals surface area contributed by atoms with Crippen molar-refractivity contribution >= 4 is 0 Å². The quantitative estimate of drug-likeness (QED) is 0.320. The molecule has 212 valence electrons. The number of nitrogens with zero attached hydrogens (tertiary/aromatic N) is 1. The van der Waals surface area contributed by atoms with Gasteiger partial charge in [-0.05, 0) is 30.5 Å². The van der Waals surface area contributed by atoms with E-state index in [4.69, 9.17) is 18.9 Å². The molecule has 1 aromatic heterocycles. The van der Waals surface area contributed by atoms with Gasteiger partial charge < -0.3 is 24.1 Å². The Kier molecular flexibility index (Phi) is 7.23. The molecule has 0 unspecified atom stereocenters. The Morgan fingerprint density at radius 1 is 0.854 bits per heavy atom. The molecule has 2 fully saturated rings. The number of H-pyrrole nitrogens is 1. The molecule has 41 heavy (non-hydrogen) atoms. The van der Waals surface area contributed by atoms with Crippen LogP contribution in [0.1, 0.15) is 42.3 Å². The average molecular weight is 557 g/mol. The summed E-state index contributed by atoms with van der Waals surface area (Å²) in [6.45, 7) is 3.18. The van der Waals surface area contributed by atoms with Crippen molar-refractivity contribution < 1.29 is 24.1 Å². The molecule has 4 aromatic rings. The Morgan fingerprint density at radius 3 is 1.88 bits per heavy atom. The summed E-state index contributed by atoms with van der Waals surface area (Å²) in [5, 5.41) is 9.65. The van der Waals surface area contributed by atoms with Gasteiger partial charge in [-0.2, -0.15) is 0 Å². The standard InChI is InChI=1S/C32H32N2O7/c1-31(2)40-26-25(39-29(27(26)41-31)34-18-21(19-35)28(36)33-30(34)37)20-38-32(22-12-6-3-7-13-22,23-14-8-4-9-15-23)24-16-10-5-11-17-24/h3-18,25-27,29,35H,19-20H2,1-2H3,(H,33,36,37)/t25-,26-,27-,29-/m1/s1. The van der Waals surface area contributed by atoms with E-state index in [0.29, 0.717) is 0 Å². The molecule has 0 bridgehead atoms. The van der Waals surface area contributed by atoms with E-state index in [0.717, 1.165) is 16.7 Å². The van der Waals surface area contributed by atoms with Gasteiger partial charge in [0.05, 0.1) is 18.8 Å². The number of rotatable bonds is 8. The van der Waals surface area contributed by atoms with Gasteiger partial charge in [-0.3, -0.25) is 14.3 Å². The molecule has 2 N–H and O–H groups in total. The third-order valence-corrected chi connectivity index (χ3v) is 7.62. The van der Waals surface area contributed by atoms with Crippen molar-refractivity contribution in [2.75, 3.05) is 6.61 Å². The predicted octanol–water partition coefficient (Wildman–Crippen LogP) is 3.46. The lowest BCUT2D eigenvalue weighted by Crippen LogP contribution is -2.39. The molecule has 6 rings (SSSR count). The van der Waals surface area contributed by atoms with Gasteiger partial charge in [-0.25, -0.2) is 4.79 Å². The molecule has 3 aromatic carbocycles. The Morgan fingerprint density at radius 2 is 1.37 bits per heavy atom. The second kappa shape index (κ2) is 10.8. The summed E-state index contributed by atoms with van der Waals surface area (Å²) in [5.74, 6) is -0.934. The van der Waals surface area contributed by atoms with E-state index in [9.17, 15) is 14.7 Å². The fourth-order valence-electron chi connectivity index (χ4n) is 5.82. The van der Waals surface area contributed by atoms with Crippen molar-refractivity contribution in [3.63, 3.8) is 0 Å².